The predicted octanol–water partition coefficient (Wildman–Crippen LogP) is 5.32. The van der Waals surface area contributed by atoms with Gasteiger partial charge in [-0.25, -0.2) is 9.37 Å². The van der Waals surface area contributed by atoms with Crippen LogP contribution in [0.3, 0.4) is 0 Å². The molecule has 0 saturated heterocycles. The molecule has 13 heteroatoms. The standard InChI is InChI=1S/C25H18BrClFN5O5/c1-2-22-31-20-8-3-15(26)11-18(20)25(35)32(22)29-12-14-9-19(27)24(21(10-14)33(36)37)38-13-23(34)30-17-6-4-16(28)5-7-17/h3-12H,2,13H2,1H3,(H,30,34). The van der Waals surface area contributed by atoms with E-state index < -0.39 is 34.5 Å². The highest BCUT2D eigenvalue weighted by Crippen LogP contribution is 2.36. The third-order valence-corrected chi connectivity index (χ3v) is 6.01. The van der Waals surface area contributed by atoms with Crippen molar-refractivity contribution in [1.29, 1.82) is 0 Å². The Morgan fingerprint density at radius 1 is 1.26 bits per heavy atom. The van der Waals surface area contributed by atoms with Gasteiger partial charge in [0, 0.05) is 28.2 Å². The van der Waals surface area contributed by atoms with Gasteiger partial charge in [0.05, 0.1) is 27.1 Å². The lowest BCUT2D eigenvalue weighted by molar-refractivity contribution is -0.385. The minimum atomic E-state index is -0.713. The Bertz CT molecular complexity index is 1640. The maximum absolute atomic E-state index is 13.1. The fourth-order valence-corrected chi connectivity index (χ4v) is 4.13. The molecule has 0 fully saturated rings. The highest BCUT2D eigenvalue weighted by atomic mass is 79.9. The lowest BCUT2D eigenvalue weighted by Crippen LogP contribution is -2.22. The number of rotatable bonds is 8. The van der Waals surface area contributed by atoms with Gasteiger partial charge in [-0.3, -0.25) is 19.7 Å². The van der Waals surface area contributed by atoms with Gasteiger partial charge in [-0.05, 0) is 48.5 Å². The molecule has 4 aromatic rings. The summed E-state index contributed by atoms with van der Waals surface area (Å²) in [6.45, 7) is 1.23. The first-order valence-corrected chi connectivity index (χ1v) is 12.2. The van der Waals surface area contributed by atoms with E-state index in [4.69, 9.17) is 16.3 Å². The second kappa shape index (κ2) is 11.5. The Kier molecular flexibility index (Phi) is 8.13. The largest absolute Gasteiger partial charge is 0.476 e. The van der Waals surface area contributed by atoms with Crippen molar-refractivity contribution < 1.29 is 18.8 Å². The van der Waals surface area contributed by atoms with Crippen LogP contribution in [-0.2, 0) is 11.2 Å². The average Bonchev–Trinajstić information content (AvgIpc) is 2.88. The average molecular weight is 603 g/mol. The molecular weight excluding hydrogens is 585 g/mol. The van der Waals surface area contributed by atoms with Crippen molar-refractivity contribution in [2.75, 3.05) is 11.9 Å². The highest BCUT2D eigenvalue weighted by Gasteiger charge is 2.21. The van der Waals surface area contributed by atoms with E-state index >= 15 is 0 Å². The Hall–Kier alpha value is -4.16. The van der Waals surface area contributed by atoms with Gasteiger partial charge in [-0.1, -0.05) is 34.5 Å². The summed E-state index contributed by atoms with van der Waals surface area (Å²) in [5.74, 6) is -1.01. The second-order valence-corrected chi connectivity index (χ2v) is 9.18. The van der Waals surface area contributed by atoms with Crippen LogP contribution in [-0.4, -0.2) is 33.3 Å². The monoisotopic (exact) mass is 601 g/mol. The quantitative estimate of drug-likeness (QED) is 0.165. The van der Waals surface area contributed by atoms with Crippen molar-refractivity contribution in [2.45, 2.75) is 13.3 Å². The summed E-state index contributed by atoms with van der Waals surface area (Å²) in [6, 6.07) is 12.7. The molecule has 1 aromatic heterocycles. The van der Waals surface area contributed by atoms with Crippen LogP contribution in [0.4, 0.5) is 15.8 Å². The van der Waals surface area contributed by atoms with Crippen molar-refractivity contribution in [3.05, 3.63) is 102 Å². The smallest absolute Gasteiger partial charge is 0.313 e. The molecule has 1 N–H and O–H groups in total. The Labute approximate surface area is 228 Å². The molecule has 0 bridgehead atoms. The molecule has 0 saturated carbocycles. The number of hydrogen-bond donors (Lipinski definition) is 1. The van der Waals surface area contributed by atoms with E-state index in [2.05, 4.69) is 31.3 Å². The number of nitrogens with one attached hydrogen (secondary N) is 1. The topological polar surface area (TPSA) is 129 Å². The van der Waals surface area contributed by atoms with Crippen LogP contribution < -0.4 is 15.6 Å². The van der Waals surface area contributed by atoms with Crippen molar-refractivity contribution in [3.8, 4) is 5.75 Å². The third kappa shape index (κ3) is 6.03. The predicted molar refractivity (Wildman–Crippen MR) is 145 cm³/mol. The number of aromatic nitrogens is 2. The first kappa shape index (κ1) is 26.9. The number of ether oxygens (including phenoxy) is 1. The third-order valence-electron chi connectivity index (χ3n) is 5.23. The molecule has 0 aliphatic carbocycles. The molecule has 0 radical (unpaired) electrons. The summed E-state index contributed by atoms with van der Waals surface area (Å²) >= 11 is 9.59. The molecule has 1 amide bonds. The van der Waals surface area contributed by atoms with Crippen molar-refractivity contribution >= 4 is 61.9 Å². The molecule has 0 atom stereocenters. The number of nitro groups is 1. The van der Waals surface area contributed by atoms with Crippen molar-refractivity contribution in [1.82, 2.24) is 9.66 Å². The number of hydrogen-bond acceptors (Lipinski definition) is 7. The van der Waals surface area contributed by atoms with E-state index in [1.807, 2.05) is 6.92 Å². The van der Waals surface area contributed by atoms with E-state index in [1.165, 1.54) is 36.5 Å². The minimum absolute atomic E-state index is 0.140. The van der Waals surface area contributed by atoms with Gasteiger partial charge in [0.2, 0.25) is 5.75 Å². The summed E-state index contributed by atoms with van der Waals surface area (Å²) in [5, 5.41) is 18.6. The molecule has 0 unspecified atom stereocenters. The van der Waals surface area contributed by atoms with Crippen LogP contribution in [0, 0.1) is 15.9 Å². The number of benzene rings is 3. The zero-order valence-electron chi connectivity index (χ0n) is 19.7. The molecule has 38 heavy (non-hydrogen) atoms. The number of nitro benzene ring substituents is 1. The summed E-state index contributed by atoms with van der Waals surface area (Å²) in [4.78, 5) is 40.7. The van der Waals surface area contributed by atoms with Gasteiger partial charge in [0.1, 0.15) is 11.6 Å². The number of amides is 1. The van der Waals surface area contributed by atoms with Crippen molar-refractivity contribution in [2.24, 2.45) is 5.10 Å². The molecular formula is C25H18BrClFN5O5. The number of aryl methyl sites for hydroxylation is 1. The molecule has 4 rings (SSSR count). The fourth-order valence-electron chi connectivity index (χ4n) is 3.49. The minimum Gasteiger partial charge on any atom is -0.476 e. The molecule has 1 heterocycles. The van der Waals surface area contributed by atoms with Crippen molar-refractivity contribution in [3.63, 3.8) is 0 Å². The van der Waals surface area contributed by atoms with Crippen LogP contribution in [0.2, 0.25) is 5.02 Å². The van der Waals surface area contributed by atoms with Crippen LogP contribution in [0.1, 0.15) is 18.3 Å². The van der Waals surface area contributed by atoms with Crippen LogP contribution in [0.5, 0.6) is 5.75 Å². The first-order chi connectivity index (χ1) is 18.2. The summed E-state index contributed by atoms with van der Waals surface area (Å²) < 4.78 is 20.2. The molecule has 194 valence electrons. The van der Waals surface area contributed by atoms with Crippen LogP contribution in [0.15, 0.2) is 69.0 Å². The summed E-state index contributed by atoms with van der Waals surface area (Å²) in [6.07, 6.45) is 1.65. The summed E-state index contributed by atoms with van der Waals surface area (Å²) in [7, 11) is 0. The first-order valence-electron chi connectivity index (χ1n) is 11.1. The fraction of sp³-hybridized carbons (Fsp3) is 0.120. The zero-order valence-corrected chi connectivity index (χ0v) is 22.0. The van der Waals surface area contributed by atoms with Gasteiger partial charge < -0.3 is 10.1 Å². The number of nitrogens with zero attached hydrogens (tertiary/aromatic N) is 4. The van der Waals surface area contributed by atoms with E-state index in [9.17, 15) is 24.1 Å². The number of anilines is 1. The maximum atomic E-state index is 13.1. The van der Waals surface area contributed by atoms with Gasteiger partial charge in [0.15, 0.2) is 6.61 Å². The van der Waals surface area contributed by atoms with E-state index in [0.717, 1.165) is 10.7 Å². The zero-order chi connectivity index (χ0) is 27.4. The Balaban J connectivity index is 1.60. The Morgan fingerprint density at radius 2 is 2.00 bits per heavy atom. The maximum Gasteiger partial charge on any atom is 0.313 e. The highest BCUT2D eigenvalue weighted by molar-refractivity contribution is 9.10. The van der Waals surface area contributed by atoms with Gasteiger partial charge in [0.25, 0.3) is 11.5 Å². The van der Waals surface area contributed by atoms with E-state index in [-0.39, 0.29) is 16.3 Å². The Morgan fingerprint density at radius 3 is 2.68 bits per heavy atom. The van der Waals surface area contributed by atoms with Gasteiger partial charge in [-0.15, -0.1) is 0 Å². The van der Waals surface area contributed by atoms with Crippen LogP contribution in [0.25, 0.3) is 10.9 Å². The second-order valence-electron chi connectivity index (χ2n) is 7.86. The lowest BCUT2D eigenvalue weighted by atomic mass is 10.2. The summed E-state index contributed by atoms with van der Waals surface area (Å²) in [5.41, 5.74) is 0.150. The number of halogens is 3. The van der Waals surface area contributed by atoms with E-state index in [1.54, 1.807) is 18.2 Å². The van der Waals surface area contributed by atoms with E-state index in [0.29, 0.717) is 33.3 Å². The molecule has 0 spiro atoms. The normalized spacial score (nSPS) is 11.2. The lowest BCUT2D eigenvalue weighted by Gasteiger charge is -2.10. The van der Waals surface area contributed by atoms with Crippen LogP contribution >= 0.6 is 27.5 Å². The molecule has 10 nitrogen and oxygen atoms in total. The molecule has 3 aromatic carbocycles. The number of fused-ring (bicyclic) bond motifs is 1. The molecule has 0 aliphatic heterocycles. The molecule has 0 aliphatic rings. The number of carbonyl (C=O) groups is 1. The van der Waals surface area contributed by atoms with Gasteiger partial charge >= 0.3 is 5.69 Å². The van der Waals surface area contributed by atoms with Gasteiger partial charge in [-0.2, -0.15) is 9.78 Å². The SMILES string of the molecule is CCc1nc2ccc(Br)cc2c(=O)n1N=Cc1cc(Cl)c(OCC(=O)Nc2ccc(F)cc2)c([N+](=O)[O-])c1. The number of carbonyl (C=O) groups excluding carboxylic acids is 1.